The molecule has 8 N–H and O–H groups in total. The second-order valence-electron chi connectivity index (χ2n) is 9.83. The van der Waals surface area contributed by atoms with Gasteiger partial charge in [0, 0.05) is 19.3 Å². The molecule has 18 nitrogen and oxygen atoms in total. The smallest absolute Gasteiger partial charge is 0.324 e. The topological polar surface area (TPSA) is 256 Å². The molecule has 2 fully saturated rings. The van der Waals surface area contributed by atoms with E-state index < -0.39 is 42.4 Å². The van der Waals surface area contributed by atoms with Crippen LogP contribution in [-0.4, -0.2) is 91.8 Å². The van der Waals surface area contributed by atoms with Crippen LogP contribution in [0.15, 0.2) is 23.6 Å². The van der Waals surface area contributed by atoms with Crippen LogP contribution in [0.2, 0.25) is 0 Å². The summed E-state index contributed by atoms with van der Waals surface area (Å²) >= 11 is 5.24. The third-order valence-corrected chi connectivity index (χ3v) is 8.59. The lowest BCUT2D eigenvalue weighted by Gasteiger charge is -2.26. The molecule has 6 rings (SSSR count). The number of nitrogens with one attached hydrogen (secondary N) is 1. The summed E-state index contributed by atoms with van der Waals surface area (Å²) in [5, 5.41) is 25.0. The minimum atomic E-state index is -3.86. The maximum Gasteiger partial charge on any atom is 0.324 e. The summed E-state index contributed by atoms with van der Waals surface area (Å²) in [6.45, 7) is -4.31. The predicted molar refractivity (Wildman–Crippen MR) is 144 cm³/mol. The third-order valence-electron chi connectivity index (χ3n) is 6.97. The molecule has 0 radical (unpaired) electrons. The Morgan fingerprint density at radius 1 is 1.29 bits per heavy atom. The summed E-state index contributed by atoms with van der Waals surface area (Å²) < 4.78 is 26.0. The zero-order valence-electron chi connectivity index (χ0n) is 21.3. The van der Waals surface area contributed by atoms with Gasteiger partial charge in [0.2, 0.25) is 5.95 Å². The van der Waals surface area contributed by atoms with Crippen LogP contribution in [0.4, 0.5) is 11.8 Å². The van der Waals surface area contributed by atoms with Crippen molar-refractivity contribution in [2.24, 2.45) is 0 Å². The van der Waals surface area contributed by atoms with Crippen LogP contribution >= 0.6 is 6.72 Å². The Morgan fingerprint density at radius 2 is 2.12 bits per heavy atom. The molecule has 220 valence electrons. The minimum Gasteiger partial charge on any atom is -0.394 e. The standard InChI is InChI=1S/C21H27N10O8PS/c22-15-17-24-5-11(31(17)27-8-25-15)13-4-21(34,7-36-13)1-2-37-40(35,41)39-12-3-10(6-32)38-19(12)30-9-26-14-16(30)28-20(23)29-18(14)33/h5,8-10,12-13,19,32,34H,1-4,6-7H2,(H,35,41)(H2,22,25,27)(H3,23,28,29,33)/t10?,12-,13-,19-,21-,40?/m1/s1. The van der Waals surface area contributed by atoms with Crippen LogP contribution in [0, 0.1) is 0 Å². The Labute approximate surface area is 235 Å². The minimum absolute atomic E-state index is 0.00364. The fraction of sp³-hybridized carbons (Fsp3) is 0.524. The molecule has 0 aromatic carbocycles. The zero-order valence-corrected chi connectivity index (χ0v) is 23.0. The summed E-state index contributed by atoms with van der Waals surface area (Å²) in [5.74, 6) is 0.0982. The Bertz CT molecular complexity index is 1700. The number of aliphatic hydroxyl groups is 2. The molecule has 2 saturated heterocycles. The number of imidazole rings is 2. The van der Waals surface area contributed by atoms with Crippen molar-refractivity contribution in [2.45, 2.75) is 49.4 Å². The van der Waals surface area contributed by atoms with E-state index in [4.69, 9.17) is 41.8 Å². The van der Waals surface area contributed by atoms with E-state index >= 15 is 0 Å². The second-order valence-corrected chi connectivity index (χ2v) is 12.6. The highest BCUT2D eigenvalue weighted by Gasteiger charge is 2.43. The Kier molecular flexibility index (Phi) is 7.25. The molecule has 0 bridgehead atoms. The van der Waals surface area contributed by atoms with E-state index in [1.807, 2.05) is 0 Å². The SMILES string of the molecule is Nc1nc2c(ncn2[C@@H]2OC(CO)C[C@H]2OP(O)(=S)OCC[C@]2(O)CO[C@@H](c3cnc4c(N)ncnn34)C2)c(=O)[nH]1. The van der Waals surface area contributed by atoms with Crippen molar-refractivity contribution >= 4 is 47.1 Å². The molecule has 0 aliphatic carbocycles. The molecular formula is C21H27N10O8PS. The summed E-state index contributed by atoms with van der Waals surface area (Å²) in [4.78, 5) is 41.7. The second kappa shape index (κ2) is 10.6. The fourth-order valence-electron chi connectivity index (χ4n) is 5.01. The van der Waals surface area contributed by atoms with Gasteiger partial charge in [0.25, 0.3) is 5.56 Å². The zero-order chi connectivity index (χ0) is 28.9. The molecule has 4 aromatic rings. The number of nitrogens with two attached hydrogens (primary N) is 2. The van der Waals surface area contributed by atoms with Gasteiger partial charge >= 0.3 is 6.72 Å². The maximum absolute atomic E-state index is 12.2. The largest absolute Gasteiger partial charge is 0.394 e. The number of hydrogen-bond acceptors (Lipinski definition) is 15. The average Bonchev–Trinajstić information content (AvgIpc) is 3.69. The Morgan fingerprint density at radius 3 is 2.93 bits per heavy atom. The number of aromatic amines is 1. The van der Waals surface area contributed by atoms with E-state index in [1.54, 1.807) is 6.20 Å². The number of nitrogen functional groups attached to an aromatic ring is 2. The first kappa shape index (κ1) is 28.0. The van der Waals surface area contributed by atoms with Crippen LogP contribution in [0.1, 0.15) is 37.3 Å². The highest BCUT2D eigenvalue weighted by Crippen LogP contribution is 2.50. The first-order valence-electron chi connectivity index (χ1n) is 12.5. The van der Waals surface area contributed by atoms with Gasteiger partial charge in [-0.2, -0.15) is 10.1 Å². The molecule has 6 atom stereocenters. The van der Waals surface area contributed by atoms with Gasteiger partial charge in [0.05, 0.1) is 49.7 Å². The molecule has 2 aliphatic rings. The number of aliphatic hydroxyl groups excluding tert-OH is 1. The molecule has 6 heterocycles. The van der Waals surface area contributed by atoms with E-state index in [-0.39, 0.29) is 62.0 Å². The van der Waals surface area contributed by atoms with Crippen molar-refractivity contribution in [1.82, 2.24) is 39.1 Å². The van der Waals surface area contributed by atoms with Gasteiger partial charge in [0.1, 0.15) is 18.5 Å². The van der Waals surface area contributed by atoms with Crippen molar-refractivity contribution in [3.63, 3.8) is 0 Å². The predicted octanol–water partition coefficient (Wildman–Crippen LogP) is -1.10. The number of ether oxygens (including phenoxy) is 2. The van der Waals surface area contributed by atoms with E-state index in [2.05, 4.69) is 30.0 Å². The Balaban J connectivity index is 1.10. The molecule has 0 spiro atoms. The van der Waals surface area contributed by atoms with Crippen LogP contribution < -0.4 is 17.0 Å². The number of rotatable bonds is 9. The van der Waals surface area contributed by atoms with E-state index in [0.717, 1.165) is 0 Å². The number of nitrogens with zero attached hydrogens (tertiary/aromatic N) is 7. The van der Waals surface area contributed by atoms with Gasteiger partial charge < -0.3 is 45.1 Å². The van der Waals surface area contributed by atoms with Gasteiger partial charge in [-0.05, 0) is 11.8 Å². The van der Waals surface area contributed by atoms with Crippen molar-refractivity contribution in [1.29, 1.82) is 0 Å². The first-order chi connectivity index (χ1) is 19.6. The third kappa shape index (κ3) is 5.43. The molecule has 20 heteroatoms. The highest BCUT2D eigenvalue weighted by molar-refractivity contribution is 8.07. The summed E-state index contributed by atoms with van der Waals surface area (Å²) in [6, 6.07) is 0. The number of anilines is 2. The van der Waals surface area contributed by atoms with E-state index in [0.29, 0.717) is 11.3 Å². The number of hydrogen-bond donors (Lipinski definition) is 6. The Hall–Kier alpha value is -3.13. The average molecular weight is 611 g/mol. The number of H-pyrrole nitrogens is 1. The fourth-order valence-corrected chi connectivity index (χ4v) is 6.48. The molecular weight excluding hydrogens is 583 g/mol. The maximum atomic E-state index is 12.2. The molecule has 41 heavy (non-hydrogen) atoms. The van der Waals surface area contributed by atoms with Gasteiger partial charge in [-0.1, -0.05) is 0 Å². The lowest BCUT2D eigenvalue weighted by atomic mass is 9.96. The van der Waals surface area contributed by atoms with Crippen LogP contribution in [0.25, 0.3) is 16.8 Å². The van der Waals surface area contributed by atoms with E-state index in [1.165, 1.54) is 21.7 Å². The van der Waals surface area contributed by atoms with Crippen LogP contribution in [0.3, 0.4) is 0 Å². The van der Waals surface area contributed by atoms with Crippen molar-refractivity contribution in [3.8, 4) is 0 Å². The molecule has 2 aliphatic heterocycles. The first-order valence-corrected chi connectivity index (χ1v) is 15.1. The summed E-state index contributed by atoms with van der Waals surface area (Å²) in [7, 11) is 0. The van der Waals surface area contributed by atoms with Crippen molar-refractivity contribution in [2.75, 3.05) is 31.3 Å². The highest BCUT2D eigenvalue weighted by atomic mass is 32.5. The van der Waals surface area contributed by atoms with E-state index in [9.17, 15) is 19.9 Å². The van der Waals surface area contributed by atoms with Gasteiger partial charge in [-0.15, -0.1) is 0 Å². The normalized spacial score (nSPS) is 28.1. The lowest BCUT2D eigenvalue weighted by Crippen LogP contribution is -2.30. The summed E-state index contributed by atoms with van der Waals surface area (Å²) in [6.07, 6.45) is 1.67. The van der Waals surface area contributed by atoms with Gasteiger partial charge in [-0.3, -0.25) is 14.3 Å². The van der Waals surface area contributed by atoms with Gasteiger partial charge in [-0.25, -0.2) is 19.5 Å². The monoisotopic (exact) mass is 610 g/mol. The molecule has 0 saturated carbocycles. The molecule has 4 aromatic heterocycles. The lowest BCUT2D eigenvalue weighted by molar-refractivity contribution is -0.0471. The quantitative estimate of drug-likeness (QED) is 0.123. The molecule has 0 amide bonds. The number of fused-ring (bicyclic) bond motifs is 2. The number of aromatic nitrogens is 8. The summed E-state index contributed by atoms with van der Waals surface area (Å²) in [5.41, 5.74) is 10.9. The molecule has 2 unspecified atom stereocenters. The van der Waals surface area contributed by atoms with Crippen molar-refractivity contribution < 1.29 is 33.6 Å². The van der Waals surface area contributed by atoms with Crippen LogP contribution in [-0.2, 0) is 30.3 Å². The van der Waals surface area contributed by atoms with Crippen LogP contribution in [0.5, 0.6) is 0 Å². The van der Waals surface area contributed by atoms with Gasteiger partial charge in [0.15, 0.2) is 28.9 Å². The van der Waals surface area contributed by atoms with Crippen molar-refractivity contribution in [3.05, 3.63) is 34.9 Å².